The maximum atomic E-state index is 7.58. The predicted molar refractivity (Wildman–Crippen MR) is 74.1 cm³/mol. The molecule has 0 aliphatic rings. The van der Waals surface area contributed by atoms with Gasteiger partial charge in [0.05, 0.1) is 11.9 Å². The first-order chi connectivity index (χ1) is 8.77. The number of pyridine rings is 1. The van der Waals surface area contributed by atoms with Gasteiger partial charge in [0.2, 0.25) is 0 Å². The number of nitrogens with two attached hydrogens (primary N) is 1. The molecule has 2 aromatic rings. The standard InChI is InChI=1S/C14H14N4/c15-14(16)18(13-7-4-9-17-11-13)10-8-12-5-2-1-3-6-12/h1-11H,(H3,15,16). The van der Waals surface area contributed by atoms with Gasteiger partial charge in [-0.15, -0.1) is 0 Å². The van der Waals surface area contributed by atoms with Gasteiger partial charge in [0.15, 0.2) is 5.96 Å². The van der Waals surface area contributed by atoms with Crippen LogP contribution in [-0.2, 0) is 0 Å². The number of aromatic nitrogens is 1. The number of nitrogens with one attached hydrogen (secondary N) is 1. The highest BCUT2D eigenvalue weighted by molar-refractivity contribution is 5.94. The molecule has 0 radical (unpaired) electrons. The van der Waals surface area contributed by atoms with Crippen LogP contribution in [0.3, 0.4) is 0 Å². The molecule has 4 nitrogen and oxygen atoms in total. The molecule has 0 unspecified atom stereocenters. The van der Waals surface area contributed by atoms with Crippen LogP contribution < -0.4 is 10.6 Å². The van der Waals surface area contributed by atoms with Crippen LogP contribution in [0.5, 0.6) is 0 Å². The van der Waals surface area contributed by atoms with E-state index < -0.39 is 0 Å². The van der Waals surface area contributed by atoms with Crippen LogP contribution in [0.4, 0.5) is 5.69 Å². The Hall–Kier alpha value is -2.62. The summed E-state index contributed by atoms with van der Waals surface area (Å²) in [5.74, 6) is -0.0461. The monoisotopic (exact) mass is 238 g/mol. The molecular weight excluding hydrogens is 224 g/mol. The molecule has 2 rings (SSSR count). The number of benzene rings is 1. The van der Waals surface area contributed by atoms with Crippen LogP contribution in [0.1, 0.15) is 5.56 Å². The van der Waals surface area contributed by atoms with Gasteiger partial charge < -0.3 is 5.73 Å². The maximum absolute atomic E-state index is 7.58. The smallest absolute Gasteiger partial charge is 0.197 e. The molecule has 0 aliphatic heterocycles. The second kappa shape index (κ2) is 5.63. The topological polar surface area (TPSA) is 66.0 Å². The number of nitrogens with zero attached hydrogens (tertiary/aromatic N) is 2. The van der Waals surface area contributed by atoms with E-state index in [-0.39, 0.29) is 5.96 Å². The van der Waals surface area contributed by atoms with E-state index in [4.69, 9.17) is 11.1 Å². The van der Waals surface area contributed by atoms with Crippen molar-refractivity contribution in [1.82, 2.24) is 4.98 Å². The van der Waals surface area contributed by atoms with E-state index in [1.807, 2.05) is 48.5 Å². The van der Waals surface area contributed by atoms with Crippen molar-refractivity contribution in [2.24, 2.45) is 5.73 Å². The molecule has 3 N–H and O–H groups in total. The molecule has 0 spiro atoms. The van der Waals surface area contributed by atoms with Crippen molar-refractivity contribution in [1.29, 1.82) is 5.41 Å². The molecule has 0 bridgehead atoms. The number of hydrogen-bond acceptors (Lipinski definition) is 2. The molecule has 90 valence electrons. The molecule has 0 atom stereocenters. The van der Waals surface area contributed by atoms with Crippen molar-refractivity contribution in [3.63, 3.8) is 0 Å². The van der Waals surface area contributed by atoms with E-state index in [0.717, 1.165) is 11.3 Å². The van der Waals surface area contributed by atoms with Crippen molar-refractivity contribution in [2.75, 3.05) is 4.90 Å². The summed E-state index contributed by atoms with van der Waals surface area (Å²) in [6, 6.07) is 13.5. The lowest BCUT2D eigenvalue weighted by Crippen LogP contribution is -2.31. The highest BCUT2D eigenvalue weighted by Gasteiger charge is 2.05. The average molecular weight is 238 g/mol. The Balaban J connectivity index is 2.23. The van der Waals surface area contributed by atoms with E-state index in [2.05, 4.69) is 4.98 Å². The molecule has 0 amide bonds. The average Bonchev–Trinajstić information content (AvgIpc) is 2.41. The zero-order chi connectivity index (χ0) is 12.8. The second-order valence-electron chi connectivity index (χ2n) is 3.69. The molecule has 0 saturated heterocycles. The summed E-state index contributed by atoms with van der Waals surface area (Å²) in [5.41, 5.74) is 7.37. The van der Waals surface area contributed by atoms with E-state index in [0.29, 0.717) is 0 Å². The lowest BCUT2D eigenvalue weighted by molar-refractivity contribution is 1.22. The maximum Gasteiger partial charge on any atom is 0.197 e. The summed E-state index contributed by atoms with van der Waals surface area (Å²) in [6.07, 6.45) is 7.00. The van der Waals surface area contributed by atoms with Gasteiger partial charge in [-0.05, 0) is 23.8 Å². The minimum absolute atomic E-state index is 0.0461. The number of anilines is 1. The normalized spacial score (nSPS) is 10.4. The first kappa shape index (κ1) is 11.9. The van der Waals surface area contributed by atoms with Gasteiger partial charge in [-0.25, -0.2) is 0 Å². The predicted octanol–water partition coefficient (Wildman–Crippen LogP) is 2.45. The Morgan fingerprint density at radius 3 is 2.56 bits per heavy atom. The Morgan fingerprint density at radius 2 is 1.94 bits per heavy atom. The van der Waals surface area contributed by atoms with E-state index in [1.54, 1.807) is 23.5 Å². The Kier molecular flexibility index (Phi) is 3.71. The van der Waals surface area contributed by atoms with E-state index in [1.165, 1.54) is 0 Å². The summed E-state index contributed by atoms with van der Waals surface area (Å²) in [7, 11) is 0. The fourth-order valence-corrected chi connectivity index (χ4v) is 1.53. The first-order valence-electron chi connectivity index (χ1n) is 5.54. The zero-order valence-corrected chi connectivity index (χ0v) is 9.82. The first-order valence-corrected chi connectivity index (χ1v) is 5.54. The molecule has 1 heterocycles. The molecule has 0 saturated carbocycles. The van der Waals surface area contributed by atoms with Gasteiger partial charge in [-0.2, -0.15) is 0 Å². The van der Waals surface area contributed by atoms with Crippen molar-refractivity contribution < 1.29 is 0 Å². The zero-order valence-electron chi connectivity index (χ0n) is 9.82. The Labute approximate surface area is 106 Å². The quantitative estimate of drug-likeness (QED) is 0.637. The summed E-state index contributed by atoms with van der Waals surface area (Å²) in [5, 5.41) is 7.58. The lowest BCUT2D eigenvalue weighted by Gasteiger charge is -2.17. The molecular formula is C14H14N4. The lowest BCUT2D eigenvalue weighted by atomic mass is 10.2. The van der Waals surface area contributed by atoms with Crippen molar-refractivity contribution >= 4 is 17.7 Å². The van der Waals surface area contributed by atoms with Gasteiger partial charge >= 0.3 is 0 Å². The summed E-state index contributed by atoms with van der Waals surface area (Å²) in [4.78, 5) is 5.58. The van der Waals surface area contributed by atoms with Crippen LogP contribution in [0.2, 0.25) is 0 Å². The minimum Gasteiger partial charge on any atom is -0.369 e. The van der Waals surface area contributed by atoms with Gasteiger partial charge in [0.1, 0.15) is 0 Å². The van der Waals surface area contributed by atoms with E-state index in [9.17, 15) is 0 Å². The third-order valence-electron chi connectivity index (χ3n) is 2.40. The van der Waals surface area contributed by atoms with Crippen LogP contribution >= 0.6 is 0 Å². The third-order valence-corrected chi connectivity index (χ3v) is 2.40. The van der Waals surface area contributed by atoms with Gasteiger partial charge in [-0.3, -0.25) is 15.3 Å². The summed E-state index contributed by atoms with van der Waals surface area (Å²) >= 11 is 0. The minimum atomic E-state index is -0.0461. The molecule has 18 heavy (non-hydrogen) atoms. The number of rotatable bonds is 3. The fourth-order valence-electron chi connectivity index (χ4n) is 1.53. The largest absolute Gasteiger partial charge is 0.369 e. The van der Waals surface area contributed by atoms with E-state index >= 15 is 0 Å². The van der Waals surface area contributed by atoms with Crippen LogP contribution in [0.15, 0.2) is 61.1 Å². The highest BCUT2D eigenvalue weighted by atomic mass is 15.2. The molecule has 0 aliphatic carbocycles. The third kappa shape index (κ3) is 2.95. The molecule has 1 aromatic heterocycles. The van der Waals surface area contributed by atoms with Crippen molar-refractivity contribution in [3.8, 4) is 0 Å². The summed E-state index contributed by atoms with van der Waals surface area (Å²) in [6.45, 7) is 0. The molecule has 1 aromatic carbocycles. The molecule has 0 fully saturated rings. The van der Waals surface area contributed by atoms with Crippen molar-refractivity contribution in [3.05, 3.63) is 66.6 Å². The number of hydrogen-bond donors (Lipinski definition) is 2. The fraction of sp³-hybridized carbons (Fsp3) is 0. The highest BCUT2D eigenvalue weighted by Crippen LogP contribution is 2.12. The van der Waals surface area contributed by atoms with Crippen LogP contribution in [0.25, 0.3) is 6.08 Å². The van der Waals surface area contributed by atoms with Crippen LogP contribution in [-0.4, -0.2) is 10.9 Å². The van der Waals surface area contributed by atoms with Crippen molar-refractivity contribution in [2.45, 2.75) is 0 Å². The Morgan fingerprint density at radius 1 is 1.17 bits per heavy atom. The van der Waals surface area contributed by atoms with Gasteiger partial charge in [0, 0.05) is 12.4 Å². The second-order valence-corrected chi connectivity index (χ2v) is 3.69. The van der Waals surface area contributed by atoms with Gasteiger partial charge in [0.25, 0.3) is 0 Å². The summed E-state index contributed by atoms with van der Waals surface area (Å²) < 4.78 is 0. The Bertz CT molecular complexity index is 534. The molecule has 4 heteroatoms. The SMILES string of the molecule is N=C(N)N(C=Cc1ccccc1)c1cccnc1. The number of guanidine groups is 1. The van der Waals surface area contributed by atoms with Gasteiger partial charge in [-0.1, -0.05) is 30.3 Å². The van der Waals surface area contributed by atoms with Crippen LogP contribution in [0, 0.1) is 5.41 Å².